The molecule has 0 spiro atoms. The molecule has 3 atom stereocenters. The third kappa shape index (κ3) is 2.03. The monoisotopic (exact) mass is 266 g/mol. The summed E-state index contributed by atoms with van der Waals surface area (Å²) in [4.78, 5) is 19.7. The molecule has 3 rings (SSSR count). The number of ether oxygens (including phenoxy) is 1. The zero-order valence-corrected chi connectivity index (χ0v) is 10.1. The highest BCUT2D eigenvalue weighted by Crippen LogP contribution is 2.32. The van der Waals surface area contributed by atoms with Crippen molar-refractivity contribution in [3.05, 3.63) is 12.0 Å². The first-order chi connectivity index (χ1) is 9.20. The summed E-state index contributed by atoms with van der Waals surface area (Å²) >= 11 is 0. The number of aliphatic hydroxyl groups excluding tert-OH is 2. The molecule has 1 aromatic heterocycles. The van der Waals surface area contributed by atoms with E-state index in [1.807, 2.05) is 0 Å². The Hall–Kier alpha value is -1.77. The van der Waals surface area contributed by atoms with Gasteiger partial charge in [0, 0.05) is 6.42 Å². The molecule has 0 bridgehead atoms. The number of hydrogen-bond acceptors (Lipinski definition) is 7. The van der Waals surface area contributed by atoms with Crippen LogP contribution in [-0.4, -0.2) is 57.2 Å². The maximum Gasteiger partial charge on any atom is 0.206 e. The molecule has 0 radical (unpaired) electrons. The van der Waals surface area contributed by atoms with Crippen molar-refractivity contribution in [3.8, 4) is 0 Å². The highest BCUT2D eigenvalue weighted by molar-refractivity contribution is 6.04. The number of carbonyl (C=O) groups is 1. The molecule has 3 N–H and O–H groups in total. The van der Waals surface area contributed by atoms with Crippen LogP contribution in [0.5, 0.6) is 0 Å². The number of aromatic nitrogens is 2. The van der Waals surface area contributed by atoms with Gasteiger partial charge in [-0.2, -0.15) is 0 Å². The third-order valence-electron chi connectivity index (χ3n) is 3.28. The number of aliphatic imine (C=N–C) groups is 1. The van der Waals surface area contributed by atoms with Gasteiger partial charge in [0.2, 0.25) is 5.78 Å². The van der Waals surface area contributed by atoms with Crippen LogP contribution in [0.4, 0.5) is 5.82 Å². The molecular formula is C11H14N4O4. The van der Waals surface area contributed by atoms with Gasteiger partial charge in [-0.15, -0.1) is 0 Å². The molecule has 102 valence electrons. The summed E-state index contributed by atoms with van der Waals surface area (Å²) in [6, 6.07) is 0. The Kier molecular flexibility index (Phi) is 3.05. The minimum Gasteiger partial charge on any atom is -0.394 e. The van der Waals surface area contributed by atoms with Crippen LogP contribution in [0.25, 0.3) is 0 Å². The Bertz CT molecular complexity index is 527. The molecule has 19 heavy (non-hydrogen) atoms. The molecule has 1 aromatic rings. The molecule has 8 heteroatoms. The number of anilines is 1. The van der Waals surface area contributed by atoms with Crippen LogP contribution < -0.4 is 5.32 Å². The van der Waals surface area contributed by atoms with Crippen LogP contribution in [0, 0.1) is 0 Å². The van der Waals surface area contributed by atoms with Crippen LogP contribution in [0.3, 0.4) is 0 Å². The number of ketones is 1. The quantitative estimate of drug-likeness (QED) is 0.644. The fourth-order valence-electron chi connectivity index (χ4n) is 2.29. The van der Waals surface area contributed by atoms with Crippen LogP contribution in [0.2, 0.25) is 0 Å². The second-order valence-electron chi connectivity index (χ2n) is 4.50. The average Bonchev–Trinajstić information content (AvgIpc) is 2.93. The Morgan fingerprint density at radius 2 is 2.42 bits per heavy atom. The van der Waals surface area contributed by atoms with Crippen molar-refractivity contribution in [2.75, 3.05) is 18.5 Å². The van der Waals surface area contributed by atoms with Gasteiger partial charge in [0.1, 0.15) is 24.7 Å². The minimum atomic E-state index is -0.733. The van der Waals surface area contributed by atoms with E-state index in [0.29, 0.717) is 17.9 Å². The predicted octanol–water partition coefficient (Wildman–Crippen LogP) is -0.840. The Balaban J connectivity index is 1.91. The molecule has 2 aliphatic heterocycles. The number of carbonyl (C=O) groups excluding carboxylic acids is 1. The van der Waals surface area contributed by atoms with E-state index in [-0.39, 0.29) is 18.9 Å². The lowest BCUT2D eigenvalue weighted by Gasteiger charge is -2.15. The van der Waals surface area contributed by atoms with Gasteiger partial charge < -0.3 is 20.3 Å². The number of nitrogens with one attached hydrogen (secondary N) is 1. The van der Waals surface area contributed by atoms with E-state index in [1.165, 1.54) is 12.7 Å². The highest BCUT2D eigenvalue weighted by Gasteiger charge is 2.36. The van der Waals surface area contributed by atoms with E-state index in [9.17, 15) is 9.90 Å². The van der Waals surface area contributed by atoms with Crippen molar-refractivity contribution in [2.24, 2.45) is 4.99 Å². The number of nitrogens with zero attached hydrogens (tertiary/aromatic N) is 3. The Morgan fingerprint density at radius 3 is 3.16 bits per heavy atom. The normalized spacial score (nSPS) is 30.0. The van der Waals surface area contributed by atoms with E-state index < -0.39 is 18.4 Å². The van der Waals surface area contributed by atoms with Gasteiger partial charge in [0.25, 0.3) is 0 Å². The summed E-state index contributed by atoms with van der Waals surface area (Å²) in [6.45, 7) is -0.188. The van der Waals surface area contributed by atoms with Gasteiger partial charge in [-0.25, -0.2) is 4.98 Å². The maximum absolute atomic E-state index is 11.8. The van der Waals surface area contributed by atoms with Crippen LogP contribution in [-0.2, 0) is 4.74 Å². The first kappa shape index (κ1) is 12.3. The standard InChI is InChI=1S/C11H14N4O4/c16-3-8-6(17)1-9(19-8)15-5-14-10-7(18)2-12-4-13-11(10)15/h4-6,8-9,16-17H,1-3H2,(H,12,13)/t6-,8-,9-/m1/s1. The molecule has 0 unspecified atom stereocenters. The molecular weight excluding hydrogens is 252 g/mol. The molecule has 1 saturated heterocycles. The van der Waals surface area contributed by atoms with Gasteiger partial charge in [-0.1, -0.05) is 0 Å². The lowest BCUT2D eigenvalue weighted by atomic mass is 10.2. The zero-order chi connectivity index (χ0) is 13.4. The predicted molar refractivity (Wildman–Crippen MR) is 65.2 cm³/mol. The van der Waals surface area contributed by atoms with Gasteiger partial charge in [-0.3, -0.25) is 14.4 Å². The smallest absolute Gasteiger partial charge is 0.206 e. The molecule has 3 heterocycles. The van der Waals surface area contributed by atoms with Crippen molar-refractivity contribution in [1.29, 1.82) is 0 Å². The molecule has 8 nitrogen and oxygen atoms in total. The number of imidazole rings is 1. The second-order valence-corrected chi connectivity index (χ2v) is 4.50. The summed E-state index contributed by atoms with van der Waals surface area (Å²) < 4.78 is 7.18. The molecule has 2 aliphatic rings. The van der Waals surface area contributed by atoms with Crippen LogP contribution in [0.15, 0.2) is 11.3 Å². The minimum absolute atomic E-state index is 0.0599. The highest BCUT2D eigenvalue weighted by atomic mass is 16.5. The van der Waals surface area contributed by atoms with Crippen LogP contribution >= 0.6 is 0 Å². The Morgan fingerprint density at radius 1 is 1.58 bits per heavy atom. The summed E-state index contributed by atoms with van der Waals surface area (Å²) in [5, 5.41) is 21.7. The van der Waals surface area contributed by atoms with Gasteiger partial charge in [0.15, 0.2) is 5.69 Å². The van der Waals surface area contributed by atoms with Crippen molar-refractivity contribution in [1.82, 2.24) is 9.55 Å². The average molecular weight is 266 g/mol. The molecule has 0 aromatic carbocycles. The lowest BCUT2D eigenvalue weighted by molar-refractivity contribution is -0.0437. The van der Waals surface area contributed by atoms with Crippen molar-refractivity contribution in [3.63, 3.8) is 0 Å². The van der Waals surface area contributed by atoms with Crippen molar-refractivity contribution in [2.45, 2.75) is 24.9 Å². The number of Topliss-reactive ketones (excluding diaryl/α,β-unsaturated/α-hetero) is 1. The zero-order valence-electron chi connectivity index (χ0n) is 10.1. The second kappa shape index (κ2) is 4.72. The van der Waals surface area contributed by atoms with Crippen molar-refractivity contribution >= 4 is 17.9 Å². The summed E-state index contributed by atoms with van der Waals surface area (Å²) in [5.41, 5.74) is 0.308. The number of aliphatic hydroxyl groups is 2. The Labute approximate surface area is 108 Å². The van der Waals surface area contributed by atoms with Gasteiger partial charge in [-0.05, 0) is 0 Å². The molecule has 0 saturated carbocycles. The first-order valence-corrected chi connectivity index (χ1v) is 6.00. The fraction of sp³-hybridized carbons (Fsp3) is 0.545. The number of rotatable bonds is 2. The SMILES string of the molecule is O=C1CN=CNc2c1ncn2[C@H]1C[C@@H](O)[C@@H](CO)O1. The first-order valence-electron chi connectivity index (χ1n) is 6.00. The largest absolute Gasteiger partial charge is 0.394 e. The topological polar surface area (TPSA) is 109 Å². The van der Waals surface area contributed by atoms with E-state index in [4.69, 9.17) is 9.84 Å². The van der Waals surface area contributed by atoms with E-state index >= 15 is 0 Å². The van der Waals surface area contributed by atoms with Crippen LogP contribution in [0.1, 0.15) is 23.1 Å². The summed E-state index contributed by atoms with van der Waals surface area (Å²) in [7, 11) is 0. The number of hydrogen-bond donors (Lipinski definition) is 3. The maximum atomic E-state index is 11.8. The van der Waals surface area contributed by atoms with Gasteiger partial charge in [0.05, 0.1) is 25.4 Å². The van der Waals surface area contributed by atoms with E-state index in [2.05, 4.69) is 15.3 Å². The fourth-order valence-corrected chi connectivity index (χ4v) is 2.29. The van der Waals surface area contributed by atoms with Crippen molar-refractivity contribution < 1.29 is 19.7 Å². The molecule has 0 amide bonds. The summed E-state index contributed by atoms with van der Waals surface area (Å²) in [5.74, 6) is 0.328. The molecule has 0 aliphatic carbocycles. The van der Waals surface area contributed by atoms with Gasteiger partial charge >= 0.3 is 0 Å². The lowest BCUT2D eigenvalue weighted by Crippen LogP contribution is -2.24. The third-order valence-corrected chi connectivity index (χ3v) is 3.28. The summed E-state index contributed by atoms with van der Waals surface area (Å²) in [6.07, 6.45) is 1.46. The van der Waals surface area contributed by atoms with E-state index in [0.717, 1.165) is 0 Å². The van der Waals surface area contributed by atoms with E-state index in [1.54, 1.807) is 4.57 Å². The molecule has 1 fully saturated rings. The number of fused-ring (bicyclic) bond motifs is 1.